The maximum atomic E-state index is 14.7. The summed E-state index contributed by atoms with van der Waals surface area (Å²) in [5.41, 5.74) is 0. The molecule has 0 radical (unpaired) electrons. The second-order valence-electron chi connectivity index (χ2n) is 24.1. The molecule has 5 heterocycles. The summed E-state index contributed by atoms with van der Waals surface area (Å²) in [4.78, 5) is 209. The first-order valence-corrected chi connectivity index (χ1v) is 33.5. The first-order chi connectivity index (χ1) is 50.4. The fourth-order valence-electron chi connectivity index (χ4n) is 11.4. The maximum absolute atomic E-state index is 14.7. The van der Waals surface area contributed by atoms with Crippen molar-refractivity contribution >= 4 is 95.6 Å². The Balaban J connectivity index is 1.44. The van der Waals surface area contributed by atoms with E-state index in [4.69, 9.17) is 109 Å². The van der Waals surface area contributed by atoms with Crippen LogP contribution in [0.25, 0.3) is 0 Å². The normalized spacial score (nSPS) is 29.9. The zero-order valence-electron chi connectivity index (χ0n) is 61.3. The molecule has 0 saturated carbocycles. The summed E-state index contributed by atoms with van der Waals surface area (Å²) in [5.74, 6) is -13.6. The SMILES string of the molecule is CC(=O)OC[C@H]1O[C@@H](NC(=O)N2CCOCCOCCN(C(=O)N[C@@H]3O[C@H](COC(C)=O)[C@@H](O[C@@H]4O[C@H](COC(C)=O)[C@@H](OC(C)=O)[C@H](OC(C)=O)[C@H]4OC(C)=O)[C@H](OC(C)=O)[C@H]3OC(C)=O)CCOCC2)[C@H](OC(C)=O)[C@@H](OC(C)=O)[C@@H]1O[C@@H]1O[C@H](COC(C)=O)[C@@H](OC(C)=O)[C@H](OC(C)=O)[C@H]1OC(C)=O. The van der Waals surface area contributed by atoms with E-state index in [9.17, 15) is 76.7 Å². The van der Waals surface area contributed by atoms with Crippen LogP contribution in [0.1, 0.15) is 96.9 Å². The molecule has 2 N–H and O–H groups in total. The summed E-state index contributed by atoms with van der Waals surface area (Å²) < 4.78 is 132. The first kappa shape index (κ1) is 88.4. The summed E-state index contributed by atoms with van der Waals surface area (Å²) in [6.07, 6.45) is -36.1. The monoisotopic (exact) mass is 1540 g/mol. The Bertz CT molecular complexity index is 2930. The summed E-state index contributed by atoms with van der Waals surface area (Å²) >= 11 is 0. The first-order valence-electron chi connectivity index (χ1n) is 33.5. The highest BCUT2D eigenvalue weighted by Crippen LogP contribution is 2.38. The van der Waals surface area contributed by atoms with Gasteiger partial charge in [0, 0.05) is 123 Å². The van der Waals surface area contributed by atoms with Gasteiger partial charge in [0.25, 0.3) is 0 Å². The molecule has 0 spiro atoms. The van der Waals surface area contributed by atoms with Gasteiger partial charge in [-0.3, -0.25) is 67.1 Å². The fraction of sp³-hybridized carbons (Fsp3) is 0.750. The van der Waals surface area contributed by atoms with Gasteiger partial charge >= 0.3 is 95.6 Å². The molecule has 0 unspecified atom stereocenters. The van der Waals surface area contributed by atoms with Crippen molar-refractivity contribution in [2.24, 2.45) is 0 Å². The highest BCUT2D eigenvalue weighted by Gasteiger charge is 2.60. The lowest BCUT2D eigenvalue weighted by atomic mass is 9.95. The topological polar surface area (TPSA) is 516 Å². The van der Waals surface area contributed by atoms with Gasteiger partial charge in [-0.15, -0.1) is 0 Å². The van der Waals surface area contributed by atoms with Crippen LogP contribution in [0.4, 0.5) is 9.59 Å². The van der Waals surface area contributed by atoms with E-state index in [-0.39, 0.29) is 65.8 Å². The van der Waals surface area contributed by atoms with Crippen molar-refractivity contribution in [3.63, 3.8) is 0 Å². The van der Waals surface area contributed by atoms with E-state index in [1.54, 1.807) is 0 Å². The van der Waals surface area contributed by atoms with E-state index in [2.05, 4.69) is 10.6 Å². The van der Waals surface area contributed by atoms with Gasteiger partial charge in [-0.1, -0.05) is 0 Å². The van der Waals surface area contributed by atoms with Crippen molar-refractivity contribution in [1.29, 1.82) is 0 Å². The smallest absolute Gasteiger partial charge is 0.319 e. The summed E-state index contributed by atoms with van der Waals surface area (Å²) in [6, 6.07) is -1.96. The lowest BCUT2D eigenvalue weighted by Gasteiger charge is -2.49. The number of carbonyl (C=O) groups is 16. The Morgan fingerprint density at radius 2 is 0.477 bits per heavy atom. The van der Waals surface area contributed by atoms with Crippen LogP contribution >= 0.6 is 0 Å². The number of hydrogen-bond donors (Lipinski definition) is 2. The third-order valence-electron chi connectivity index (χ3n) is 15.4. The van der Waals surface area contributed by atoms with Crippen LogP contribution in [-0.4, -0.2) is 320 Å². The molecule has 43 nitrogen and oxygen atoms in total. The second-order valence-corrected chi connectivity index (χ2v) is 24.1. The second kappa shape index (κ2) is 42.9. The van der Waals surface area contributed by atoms with Crippen LogP contribution in [0, 0.1) is 0 Å². The fourth-order valence-corrected chi connectivity index (χ4v) is 11.4. The molecule has 107 heavy (non-hydrogen) atoms. The molecule has 0 aromatic carbocycles. The van der Waals surface area contributed by atoms with Crippen LogP contribution in [0.2, 0.25) is 0 Å². The Morgan fingerprint density at radius 3 is 0.729 bits per heavy atom. The Hall–Kier alpha value is -9.24. The molecular formula is C64H92N4O39. The van der Waals surface area contributed by atoms with E-state index < -0.39 is 245 Å². The quantitative estimate of drug-likeness (QED) is 0.0734. The molecule has 5 rings (SSSR count). The average Bonchev–Trinajstić information content (AvgIpc) is 0.773. The van der Waals surface area contributed by atoms with Crippen LogP contribution in [0.3, 0.4) is 0 Å². The highest BCUT2D eigenvalue weighted by atomic mass is 16.8. The van der Waals surface area contributed by atoms with Crippen molar-refractivity contribution < 1.29 is 186 Å². The molecule has 5 fully saturated rings. The van der Waals surface area contributed by atoms with Crippen molar-refractivity contribution in [2.45, 2.75) is 220 Å². The molecule has 5 aliphatic heterocycles. The molecular weight excluding hydrogens is 1450 g/mol. The van der Waals surface area contributed by atoms with E-state index in [1.807, 2.05) is 0 Å². The highest BCUT2D eigenvalue weighted by molar-refractivity contribution is 5.76. The number of hydrogen-bond acceptors (Lipinski definition) is 39. The standard InChI is InChI=1S/C64H92N4O39/c1-29(69)88-25-43-49(106-61-57(100-41(13)81)53(96-37(9)77)47(92-33(5)73)45(104-61)27-90-31(3)71)51(94-35(7)75)55(98-39(11)79)59(102-43)65-63(83)67-15-19-85-20-16-68(18-22-87-24-23-86-21-17-67)64(84)66-60-56(99-40(12)80)52(95-36(8)76)50(44(103-60)26-89-30(2)70)107-62-58(101-42(14)82)54(97-38(10)78)48(93-34(6)74)46(105-62)28-91-32(4)72/h43-62H,15-28H2,1-14H3,(H,65,83)(H,66,84)/t43-,44-,45-,46-,47-,48-,49-,50-,51+,52+,53+,54+,55-,56-,57-,58-,59-,60-,61+,62+/m1/s1. The van der Waals surface area contributed by atoms with Crippen LogP contribution < -0.4 is 10.6 Å². The van der Waals surface area contributed by atoms with Gasteiger partial charge in [0.05, 0.1) is 39.6 Å². The molecule has 0 bridgehead atoms. The van der Waals surface area contributed by atoms with E-state index in [0.29, 0.717) is 0 Å². The minimum atomic E-state index is -2.00. The number of urea groups is 2. The van der Waals surface area contributed by atoms with Gasteiger partial charge in [-0.05, 0) is 0 Å². The van der Waals surface area contributed by atoms with Crippen molar-refractivity contribution in [3.05, 3.63) is 0 Å². The number of esters is 14. The largest absolute Gasteiger partial charge is 0.463 e. The number of nitrogens with zero attached hydrogens (tertiary/aromatic N) is 2. The van der Waals surface area contributed by atoms with Crippen molar-refractivity contribution in [2.75, 3.05) is 92.2 Å². The van der Waals surface area contributed by atoms with Gasteiger partial charge in [0.15, 0.2) is 86.1 Å². The third-order valence-corrected chi connectivity index (χ3v) is 15.4. The molecule has 43 heteroatoms. The zero-order valence-corrected chi connectivity index (χ0v) is 61.3. The zero-order chi connectivity index (χ0) is 79.5. The number of rotatable bonds is 24. The lowest BCUT2D eigenvalue weighted by molar-refractivity contribution is -0.345. The van der Waals surface area contributed by atoms with Crippen LogP contribution in [0.15, 0.2) is 0 Å². The molecule has 20 atom stereocenters. The molecule has 4 amide bonds. The van der Waals surface area contributed by atoms with E-state index >= 15 is 0 Å². The predicted octanol–water partition coefficient (Wildman–Crippen LogP) is -2.69. The van der Waals surface area contributed by atoms with Gasteiger partial charge in [-0.25, -0.2) is 9.59 Å². The molecule has 0 aromatic rings. The maximum Gasteiger partial charge on any atom is 0.319 e. The van der Waals surface area contributed by atoms with Gasteiger partial charge in [0.2, 0.25) is 0 Å². The third kappa shape index (κ3) is 28.8. The number of carbonyl (C=O) groups excluding carboxylic acids is 16. The Labute approximate surface area is 612 Å². The molecule has 5 aliphatic rings. The van der Waals surface area contributed by atoms with Gasteiger partial charge in [-0.2, -0.15) is 0 Å². The molecule has 0 aliphatic carbocycles. The van der Waals surface area contributed by atoms with Crippen LogP contribution in [-0.2, 0) is 176 Å². The molecule has 0 aromatic heterocycles. The van der Waals surface area contributed by atoms with Gasteiger partial charge < -0.3 is 129 Å². The Kier molecular flexibility index (Phi) is 35.5. The summed E-state index contributed by atoms with van der Waals surface area (Å²) in [6.45, 7) is 8.79. The van der Waals surface area contributed by atoms with Crippen molar-refractivity contribution in [1.82, 2.24) is 20.4 Å². The predicted molar refractivity (Wildman–Crippen MR) is 339 cm³/mol. The minimum absolute atomic E-state index is 0.0940. The summed E-state index contributed by atoms with van der Waals surface area (Å²) in [7, 11) is 0. The minimum Gasteiger partial charge on any atom is -0.463 e. The van der Waals surface area contributed by atoms with E-state index in [1.165, 1.54) is 0 Å². The number of ether oxygens (including phenoxy) is 23. The van der Waals surface area contributed by atoms with Gasteiger partial charge in [0.1, 0.15) is 63.1 Å². The lowest BCUT2D eigenvalue weighted by Crippen LogP contribution is -2.69. The average molecular weight is 1540 g/mol. The number of nitrogens with one attached hydrogen (secondary N) is 2. The molecule has 5 saturated heterocycles. The molecule has 602 valence electrons. The van der Waals surface area contributed by atoms with E-state index in [0.717, 1.165) is 107 Å². The van der Waals surface area contributed by atoms with Crippen molar-refractivity contribution in [3.8, 4) is 0 Å². The number of amides is 4. The van der Waals surface area contributed by atoms with Crippen LogP contribution in [0.5, 0.6) is 0 Å². The summed E-state index contributed by atoms with van der Waals surface area (Å²) in [5, 5.41) is 5.19. The Morgan fingerprint density at radius 1 is 0.262 bits per heavy atom.